The van der Waals surface area contributed by atoms with Gasteiger partial charge in [0.1, 0.15) is 0 Å². The molecule has 0 aromatic heterocycles. The quantitative estimate of drug-likeness (QED) is 0.820. The van der Waals surface area contributed by atoms with E-state index in [1.807, 2.05) is 0 Å². The Morgan fingerprint density at radius 3 is 2.16 bits per heavy atom. The lowest BCUT2D eigenvalue weighted by atomic mass is 9.71. The molecule has 2 aliphatic carbocycles. The van der Waals surface area contributed by atoms with Crippen molar-refractivity contribution in [1.82, 2.24) is 4.90 Å². The molecule has 112 valence electrons. The van der Waals surface area contributed by atoms with Crippen molar-refractivity contribution >= 4 is 0 Å². The van der Waals surface area contributed by atoms with Gasteiger partial charge in [0.2, 0.25) is 0 Å². The van der Waals surface area contributed by atoms with Gasteiger partial charge in [0.15, 0.2) is 0 Å². The predicted molar refractivity (Wildman–Crippen MR) is 83.2 cm³/mol. The molecule has 2 fully saturated rings. The van der Waals surface area contributed by atoms with Crippen molar-refractivity contribution in [3.8, 4) is 0 Å². The Hall–Kier alpha value is -0.0800. The van der Waals surface area contributed by atoms with Gasteiger partial charge < -0.3 is 10.6 Å². The molecule has 0 unspecified atom stereocenters. The first kappa shape index (κ1) is 15.3. The highest BCUT2D eigenvalue weighted by atomic mass is 15.2. The average Bonchev–Trinajstić information content (AvgIpc) is 2.86. The van der Waals surface area contributed by atoms with Crippen LogP contribution in [-0.4, -0.2) is 30.6 Å². The van der Waals surface area contributed by atoms with E-state index in [1.54, 1.807) is 0 Å². The van der Waals surface area contributed by atoms with Gasteiger partial charge in [-0.05, 0) is 62.4 Å². The summed E-state index contributed by atoms with van der Waals surface area (Å²) in [7, 11) is 0. The number of hydrogen-bond donors (Lipinski definition) is 1. The second kappa shape index (κ2) is 6.13. The smallest absolute Gasteiger partial charge is 0.00957 e. The Labute approximate surface area is 120 Å². The fourth-order valence-corrected chi connectivity index (χ4v) is 4.32. The fraction of sp³-hybridized carbons (Fsp3) is 1.00. The number of rotatable bonds is 5. The molecule has 2 aliphatic rings. The van der Waals surface area contributed by atoms with Crippen molar-refractivity contribution in [3.05, 3.63) is 0 Å². The summed E-state index contributed by atoms with van der Waals surface area (Å²) >= 11 is 0. The minimum Gasteiger partial charge on any atom is -0.330 e. The van der Waals surface area contributed by atoms with E-state index >= 15 is 0 Å². The first-order valence-electron chi connectivity index (χ1n) is 8.44. The first-order chi connectivity index (χ1) is 9.00. The summed E-state index contributed by atoms with van der Waals surface area (Å²) in [4.78, 5) is 2.70. The highest BCUT2D eigenvalue weighted by Gasteiger charge is 2.39. The van der Waals surface area contributed by atoms with E-state index < -0.39 is 0 Å². The summed E-state index contributed by atoms with van der Waals surface area (Å²) in [6.07, 6.45) is 11.8. The van der Waals surface area contributed by atoms with Gasteiger partial charge in [0, 0.05) is 12.6 Å². The van der Waals surface area contributed by atoms with Gasteiger partial charge in [0.05, 0.1) is 0 Å². The molecule has 0 aliphatic heterocycles. The molecule has 0 radical (unpaired) electrons. The van der Waals surface area contributed by atoms with Gasteiger partial charge in [-0.15, -0.1) is 0 Å². The molecule has 0 atom stereocenters. The van der Waals surface area contributed by atoms with Crippen LogP contribution in [0.15, 0.2) is 0 Å². The SMILES string of the molecule is CCN(CC(C)(C)CN)C1CCC2(CCCC2)CC1. The van der Waals surface area contributed by atoms with Gasteiger partial charge >= 0.3 is 0 Å². The Bertz CT molecular complexity index is 269. The normalized spacial score (nSPS) is 24.5. The molecular formula is C17H34N2. The van der Waals surface area contributed by atoms with E-state index in [1.165, 1.54) is 57.9 Å². The Balaban J connectivity index is 1.87. The highest BCUT2D eigenvalue weighted by Crippen LogP contribution is 2.49. The second-order valence-electron chi connectivity index (χ2n) is 7.87. The summed E-state index contributed by atoms with van der Waals surface area (Å²) in [5, 5.41) is 0. The van der Waals surface area contributed by atoms with Crippen LogP contribution in [0, 0.1) is 10.8 Å². The molecule has 0 heterocycles. The summed E-state index contributed by atoms with van der Waals surface area (Å²) in [6.45, 7) is 10.1. The van der Waals surface area contributed by atoms with Crippen molar-refractivity contribution < 1.29 is 0 Å². The molecular weight excluding hydrogens is 232 g/mol. The van der Waals surface area contributed by atoms with E-state index in [4.69, 9.17) is 5.73 Å². The first-order valence-corrected chi connectivity index (χ1v) is 8.44. The Morgan fingerprint density at radius 2 is 1.68 bits per heavy atom. The maximum Gasteiger partial charge on any atom is 0.00957 e. The number of nitrogens with zero attached hydrogens (tertiary/aromatic N) is 1. The predicted octanol–water partition coefficient (Wildman–Crippen LogP) is 3.80. The summed E-state index contributed by atoms with van der Waals surface area (Å²) in [5.74, 6) is 0. The molecule has 0 saturated heterocycles. The maximum atomic E-state index is 5.91. The van der Waals surface area contributed by atoms with Gasteiger partial charge in [-0.25, -0.2) is 0 Å². The molecule has 0 amide bonds. The van der Waals surface area contributed by atoms with Gasteiger partial charge in [-0.1, -0.05) is 33.6 Å². The third-order valence-corrected chi connectivity index (χ3v) is 5.79. The summed E-state index contributed by atoms with van der Waals surface area (Å²) in [6, 6.07) is 0.821. The van der Waals surface area contributed by atoms with Crippen molar-refractivity contribution in [1.29, 1.82) is 0 Å². The number of hydrogen-bond acceptors (Lipinski definition) is 2. The van der Waals surface area contributed by atoms with Crippen molar-refractivity contribution in [2.45, 2.75) is 78.2 Å². The van der Waals surface area contributed by atoms with E-state index in [-0.39, 0.29) is 5.41 Å². The van der Waals surface area contributed by atoms with Crippen LogP contribution in [0.5, 0.6) is 0 Å². The van der Waals surface area contributed by atoms with Gasteiger partial charge in [-0.2, -0.15) is 0 Å². The molecule has 1 spiro atoms. The monoisotopic (exact) mass is 266 g/mol. The van der Waals surface area contributed by atoms with Crippen molar-refractivity contribution in [3.63, 3.8) is 0 Å². The number of nitrogens with two attached hydrogens (primary N) is 1. The molecule has 0 aromatic rings. The van der Waals surface area contributed by atoms with Crippen LogP contribution in [0.4, 0.5) is 0 Å². The largest absolute Gasteiger partial charge is 0.330 e. The van der Waals surface area contributed by atoms with Gasteiger partial charge in [0.25, 0.3) is 0 Å². The highest BCUT2D eigenvalue weighted by molar-refractivity contribution is 4.92. The third kappa shape index (κ3) is 3.72. The minimum absolute atomic E-state index is 0.262. The van der Waals surface area contributed by atoms with E-state index in [9.17, 15) is 0 Å². The second-order valence-corrected chi connectivity index (χ2v) is 7.87. The summed E-state index contributed by atoms with van der Waals surface area (Å²) in [5.41, 5.74) is 6.93. The molecule has 19 heavy (non-hydrogen) atoms. The molecule has 2 heteroatoms. The lowest BCUT2D eigenvalue weighted by molar-refractivity contribution is 0.0694. The lowest BCUT2D eigenvalue weighted by Gasteiger charge is -2.43. The molecule has 2 N–H and O–H groups in total. The topological polar surface area (TPSA) is 29.3 Å². The zero-order valence-electron chi connectivity index (χ0n) is 13.4. The van der Waals surface area contributed by atoms with Crippen LogP contribution >= 0.6 is 0 Å². The zero-order valence-corrected chi connectivity index (χ0v) is 13.4. The van der Waals surface area contributed by atoms with Crippen LogP contribution in [0.1, 0.15) is 72.1 Å². The molecule has 0 bridgehead atoms. The Kier molecular flexibility index (Phi) is 4.94. The van der Waals surface area contributed by atoms with Crippen LogP contribution in [-0.2, 0) is 0 Å². The Morgan fingerprint density at radius 1 is 1.11 bits per heavy atom. The van der Waals surface area contributed by atoms with Crippen LogP contribution in [0.2, 0.25) is 0 Å². The maximum absolute atomic E-state index is 5.91. The third-order valence-electron chi connectivity index (χ3n) is 5.79. The van der Waals surface area contributed by atoms with E-state index in [0.29, 0.717) is 0 Å². The van der Waals surface area contributed by atoms with Gasteiger partial charge in [-0.3, -0.25) is 0 Å². The lowest BCUT2D eigenvalue weighted by Crippen LogP contribution is -2.46. The van der Waals surface area contributed by atoms with Crippen molar-refractivity contribution in [2.24, 2.45) is 16.6 Å². The molecule has 0 aromatic carbocycles. The van der Waals surface area contributed by atoms with E-state index in [2.05, 4.69) is 25.7 Å². The minimum atomic E-state index is 0.262. The van der Waals surface area contributed by atoms with Crippen LogP contribution in [0.3, 0.4) is 0 Å². The van der Waals surface area contributed by atoms with Crippen LogP contribution < -0.4 is 5.73 Å². The average molecular weight is 266 g/mol. The molecule has 2 rings (SSSR count). The summed E-state index contributed by atoms with van der Waals surface area (Å²) < 4.78 is 0. The van der Waals surface area contributed by atoms with E-state index in [0.717, 1.165) is 24.5 Å². The molecule has 2 saturated carbocycles. The zero-order chi connectivity index (χ0) is 13.9. The fourth-order valence-electron chi connectivity index (χ4n) is 4.32. The van der Waals surface area contributed by atoms with Crippen LogP contribution in [0.25, 0.3) is 0 Å². The van der Waals surface area contributed by atoms with Crippen molar-refractivity contribution in [2.75, 3.05) is 19.6 Å². The standard InChI is InChI=1S/C17H34N2/c1-4-19(14-16(2,3)13-18)15-7-11-17(12-8-15)9-5-6-10-17/h15H,4-14,18H2,1-3H3. The molecule has 2 nitrogen and oxygen atoms in total.